The molecule has 0 bridgehead atoms. The fourth-order valence-electron chi connectivity index (χ4n) is 4.95. The van der Waals surface area contributed by atoms with E-state index in [0.717, 1.165) is 28.4 Å². The molecule has 3 aromatic heterocycles. The molecular formula is C24H23N5O2. The number of imidazole rings is 1. The number of rotatable bonds is 4. The molecule has 0 saturated heterocycles. The molecule has 6 rings (SSSR count). The molecule has 1 aromatic carbocycles. The second kappa shape index (κ2) is 6.77. The number of aryl methyl sites for hydroxylation is 1. The van der Waals surface area contributed by atoms with E-state index in [0.29, 0.717) is 22.9 Å². The number of fused-ring (bicyclic) bond motifs is 1. The molecule has 2 saturated carbocycles. The van der Waals surface area contributed by atoms with Crippen molar-refractivity contribution in [3.8, 4) is 11.4 Å². The van der Waals surface area contributed by atoms with E-state index in [4.69, 9.17) is 4.52 Å². The highest BCUT2D eigenvalue weighted by Crippen LogP contribution is 2.61. The van der Waals surface area contributed by atoms with Crippen LogP contribution in [0.3, 0.4) is 0 Å². The molecule has 1 N–H and O–H groups in total. The molecule has 1 spiro atoms. The van der Waals surface area contributed by atoms with Crippen molar-refractivity contribution in [2.75, 3.05) is 5.32 Å². The maximum Gasteiger partial charge on any atom is 0.274 e. The molecule has 1 amide bonds. The minimum absolute atomic E-state index is 0.215. The van der Waals surface area contributed by atoms with Crippen LogP contribution in [-0.2, 0) is 0 Å². The van der Waals surface area contributed by atoms with Crippen LogP contribution in [0.4, 0.5) is 5.69 Å². The normalized spacial score (nSPS) is 17.5. The van der Waals surface area contributed by atoms with Gasteiger partial charge in [0.05, 0.1) is 6.20 Å². The Morgan fingerprint density at radius 3 is 2.90 bits per heavy atom. The number of carbonyl (C=O) groups is 1. The van der Waals surface area contributed by atoms with Gasteiger partial charge >= 0.3 is 0 Å². The summed E-state index contributed by atoms with van der Waals surface area (Å²) in [6, 6.07) is 11.5. The minimum Gasteiger partial charge on any atom is -0.339 e. The Labute approximate surface area is 179 Å². The van der Waals surface area contributed by atoms with E-state index < -0.39 is 0 Å². The fourth-order valence-corrected chi connectivity index (χ4v) is 4.95. The van der Waals surface area contributed by atoms with Crippen molar-refractivity contribution in [1.82, 2.24) is 19.5 Å². The zero-order valence-corrected chi connectivity index (χ0v) is 17.3. The number of aromatic nitrogens is 4. The van der Waals surface area contributed by atoms with Crippen LogP contribution >= 0.6 is 0 Å². The summed E-state index contributed by atoms with van der Waals surface area (Å²) in [5.41, 5.74) is 4.29. The molecule has 2 aliphatic carbocycles. The van der Waals surface area contributed by atoms with Crippen LogP contribution < -0.4 is 5.32 Å². The molecule has 4 aromatic rings. The van der Waals surface area contributed by atoms with Gasteiger partial charge in [-0.3, -0.25) is 9.20 Å². The van der Waals surface area contributed by atoms with E-state index in [2.05, 4.69) is 20.4 Å². The van der Waals surface area contributed by atoms with E-state index in [-0.39, 0.29) is 5.91 Å². The van der Waals surface area contributed by atoms with Gasteiger partial charge in [0.1, 0.15) is 11.3 Å². The lowest BCUT2D eigenvalue weighted by Gasteiger charge is -2.53. The number of hydrogen-bond donors (Lipinski definition) is 1. The second-order valence-corrected chi connectivity index (χ2v) is 8.97. The third-order valence-corrected chi connectivity index (χ3v) is 6.96. The van der Waals surface area contributed by atoms with Gasteiger partial charge in [0.15, 0.2) is 0 Å². The molecule has 0 unspecified atom stereocenters. The molecule has 0 atom stereocenters. The monoisotopic (exact) mass is 413 g/mol. The Kier molecular flexibility index (Phi) is 4.00. The number of hydrogen-bond acceptors (Lipinski definition) is 5. The molecule has 2 aliphatic rings. The first-order valence-electron chi connectivity index (χ1n) is 10.8. The first-order chi connectivity index (χ1) is 15.1. The van der Waals surface area contributed by atoms with Gasteiger partial charge in [-0.05, 0) is 61.8 Å². The van der Waals surface area contributed by atoms with E-state index in [1.54, 1.807) is 10.6 Å². The van der Waals surface area contributed by atoms with Crippen LogP contribution in [0.5, 0.6) is 0 Å². The minimum atomic E-state index is -0.215. The summed E-state index contributed by atoms with van der Waals surface area (Å²) in [6.45, 7) is 1.96. The van der Waals surface area contributed by atoms with Gasteiger partial charge in [0.25, 0.3) is 5.91 Å². The molecule has 156 valence electrons. The third kappa shape index (κ3) is 3.03. The number of pyridine rings is 1. The Morgan fingerprint density at radius 2 is 2.10 bits per heavy atom. The summed E-state index contributed by atoms with van der Waals surface area (Å²) in [7, 11) is 0. The number of nitrogens with zero attached hydrogens (tertiary/aromatic N) is 4. The van der Waals surface area contributed by atoms with Crippen LogP contribution in [0.15, 0.2) is 53.3 Å². The van der Waals surface area contributed by atoms with Crippen molar-refractivity contribution in [3.63, 3.8) is 0 Å². The number of amides is 1. The van der Waals surface area contributed by atoms with Gasteiger partial charge in [-0.15, -0.1) is 0 Å². The predicted molar refractivity (Wildman–Crippen MR) is 116 cm³/mol. The average molecular weight is 413 g/mol. The van der Waals surface area contributed by atoms with Crippen molar-refractivity contribution in [1.29, 1.82) is 0 Å². The van der Waals surface area contributed by atoms with Crippen LogP contribution in [0.25, 0.3) is 17.0 Å². The molecule has 31 heavy (non-hydrogen) atoms. The van der Waals surface area contributed by atoms with Crippen molar-refractivity contribution in [2.24, 2.45) is 5.41 Å². The fraction of sp³-hybridized carbons (Fsp3) is 0.333. The van der Waals surface area contributed by atoms with Gasteiger partial charge < -0.3 is 9.84 Å². The molecule has 7 nitrogen and oxygen atoms in total. The smallest absolute Gasteiger partial charge is 0.274 e. The lowest BCUT2D eigenvalue weighted by atomic mass is 9.52. The van der Waals surface area contributed by atoms with E-state index in [1.165, 1.54) is 32.1 Å². The molecule has 0 radical (unpaired) electrons. The lowest BCUT2D eigenvalue weighted by Crippen LogP contribution is -2.41. The van der Waals surface area contributed by atoms with Crippen LogP contribution in [0.2, 0.25) is 0 Å². The number of anilines is 1. The van der Waals surface area contributed by atoms with Crippen LogP contribution in [0.1, 0.15) is 60.0 Å². The first kappa shape index (κ1) is 18.3. The predicted octanol–water partition coefficient (Wildman–Crippen LogP) is 4.99. The van der Waals surface area contributed by atoms with E-state index in [9.17, 15) is 4.79 Å². The molecule has 0 aliphatic heterocycles. The first-order valence-corrected chi connectivity index (χ1v) is 10.8. The Balaban J connectivity index is 1.23. The van der Waals surface area contributed by atoms with Crippen molar-refractivity contribution >= 4 is 17.2 Å². The number of carbonyl (C=O) groups excluding carboxylic acids is 1. The SMILES string of the molecule is Cc1ccc(-c2noc(C3CC4(CCC4)C3)n2)cc1NC(=O)c1cnc2ccccn12. The summed E-state index contributed by atoms with van der Waals surface area (Å²) >= 11 is 0. The molecule has 2 fully saturated rings. The Morgan fingerprint density at radius 1 is 1.23 bits per heavy atom. The topological polar surface area (TPSA) is 85.3 Å². The summed E-state index contributed by atoms with van der Waals surface area (Å²) in [6.07, 6.45) is 9.80. The van der Waals surface area contributed by atoms with Gasteiger partial charge in [-0.1, -0.05) is 29.8 Å². The van der Waals surface area contributed by atoms with Gasteiger partial charge in [0, 0.05) is 23.4 Å². The number of benzene rings is 1. The van der Waals surface area contributed by atoms with E-state index >= 15 is 0 Å². The van der Waals surface area contributed by atoms with Crippen LogP contribution in [0, 0.1) is 12.3 Å². The lowest BCUT2D eigenvalue weighted by molar-refractivity contribution is -0.00166. The maximum absolute atomic E-state index is 12.9. The van der Waals surface area contributed by atoms with Gasteiger partial charge in [-0.2, -0.15) is 4.98 Å². The van der Waals surface area contributed by atoms with Crippen molar-refractivity contribution < 1.29 is 9.32 Å². The van der Waals surface area contributed by atoms with Gasteiger partial charge in [0.2, 0.25) is 11.7 Å². The zero-order valence-electron chi connectivity index (χ0n) is 17.3. The summed E-state index contributed by atoms with van der Waals surface area (Å²) < 4.78 is 7.35. The van der Waals surface area contributed by atoms with Crippen LogP contribution in [-0.4, -0.2) is 25.4 Å². The Hall–Kier alpha value is -3.48. The third-order valence-electron chi connectivity index (χ3n) is 6.96. The molecular weight excluding hydrogens is 390 g/mol. The maximum atomic E-state index is 12.9. The molecule has 3 heterocycles. The summed E-state index contributed by atoms with van der Waals surface area (Å²) in [5.74, 6) is 1.48. The zero-order chi connectivity index (χ0) is 21.0. The largest absolute Gasteiger partial charge is 0.339 e. The second-order valence-electron chi connectivity index (χ2n) is 8.97. The quantitative estimate of drug-likeness (QED) is 0.509. The number of nitrogens with one attached hydrogen (secondary N) is 1. The highest BCUT2D eigenvalue weighted by Gasteiger charge is 2.50. The highest BCUT2D eigenvalue weighted by molar-refractivity contribution is 6.04. The molecule has 7 heteroatoms. The summed E-state index contributed by atoms with van der Waals surface area (Å²) in [5, 5.41) is 7.22. The standard InChI is InChI=1S/C24H23N5O2/c1-15-6-7-16(21-27-23(31-28-21)17-12-24(13-17)8-4-9-24)11-18(15)26-22(30)19-14-25-20-5-2-3-10-29(19)20/h2-3,5-7,10-11,14,17H,4,8-9,12-13H2,1H3,(H,26,30). The van der Waals surface area contributed by atoms with E-state index in [1.807, 2.05) is 49.5 Å². The highest BCUT2D eigenvalue weighted by atomic mass is 16.5. The summed E-state index contributed by atoms with van der Waals surface area (Å²) in [4.78, 5) is 21.9. The van der Waals surface area contributed by atoms with Crippen molar-refractivity contribution in [2.45, 2.75) is 44.9 Å². The Bertz CT molecular complexity index is 1290. The van der Waals surface area contributed by atoms with Gasteiger partial charge in [-0.25, -0.2) is 4.98 Å². The average Bonchev–Trinajstić information content (AvgIpc) is 3.35. The van der Waals surface area contributed by atoms with Crippen molar-refractivity contribution in [3.05, 3.63) is 65.9 Å².